The minimum atomic E-state index is -0.852. The Kier molecular flexibility index (Phi) is 5.23. The molecule has 1 aliphatic heterocycles. The van der Waals surface area contributed by atoms with Crippen molar-refractivity contribution in [3.63, 3.8) is 0 Å². The van der Waals surface area contributed by atoms with Gasteiger partial charge in [0.05, 0.1) is 11.3 Å². The van der Waals surface area contributed by atoms with E-state index in [0.29, 0.717) is 12.1 Å². The second-order valence-corrected chi connectivity index (χ2v) is 6.28. The minimum absolute atomic E-state index is 0.407. The Balaban J connectivity index is 1.56. The largest absolute Gasteiger partial charge is 0.478 e. The van der Waals surface area contributed by atoms with Gasteiger partial charge in [-0.05, 0) is 30.2 Å². The molecule has 0 bridgehead atoms. The summed E-state index contributed by atoms with van der Waals surface area (Å²) in [6.07, 6.45) is 1.85. The van der Waals surface area contributed by atoms with E-state index in [0.717, 1.165) is 44.0 Å². The molecule has 0 atom stereocenters. The third-order valence-corrected chi connectivity index (χ3v) is 4.60. The van der Waals surface area contributed by atoms with Crippen LogP contribution in [0.2, 0.25) is 0 Å². The van der Waals surface area contributed by atoms with Gasteiger partial charge in [0.1, 0.15) is 0 Å². The van der Waals surface area contributed by atoms with Crippen LogP contribution in [0.15, 0.2) is 42.6 Å². The molecular formula is C19H23N3O2. The highest BCUT2D eigenvalue weighted by Gasteiger charge is 2.19. The van der Waals surface area contributed by atoms with Gasteiger partial charge in [0.25, 0.3) is 0 Å². The molecule has 2 heterocycles. The molecule has 5 heteroatoms. The Morgan fingerprint density at radius 3 is 2.38 bits per heavy atom. The van der Waals surface area contributed by atoms with Crippen LogP contribution in [-0.4, -0.2) is 52.0 Å². The molecule has 1 N–H and O–H groups in total. The molecule has 0 unspecified atom stereocenters. The third kappa shape index (κ3) is 3.99. The first-order valence-electron chi connectivity index (χ1n) is 8.30. The van der Waals surface area contributed by atoms with Crippen molar-refractivity contribution in [2.75, 3.05) is 26.2 Å². The maximum absolute atomic E-state index is 11.3. The number of carboxylic acids is 1. The fourth-order valence-electron chi connectivity index (χ4n) is 3.11. The molecule has 1 fully saturated rings. The summed E-state index contributed by atoms with van der Waals surface area (Å²) >= 11 is 0. The average Bonchev–Trinajstić information content (AvgIpc) is 2.59. The van der Waals surface area contributed by atoms with Crippen LogP contribution < -0.4 is 0 Å². The van der Waals surface area contributed by atoms with Gasteiger partial charge in [0.15, 0.2) is 0 Å². The summed E-state index contributed by atoms with van der Waals surface area (Å²) in [6, 6.07) is 11.3. The predicted octanol–water partition coefficient (Wildman–Crippen LogP) is 2.41. The summed E-state index contributed by atoms with van der Waals surface area (Å²) in [5.41, 5.74) is 3.67. The number of benzene rings is 1. The van der Waals surface area contributed by atoms with E-state index >= 15 is 0 Å². The second-order valence-electron chi connectivity index (χ2n) is 6.28. The van der Waals surface area contributed by atoms with Crippen LogP contribution >= 0.6 is 0 Å². The monoisotopic (exact) mass is 325 g/mol. The highest BCUT2D eigenvalue weighted by molar-refractivity contribution is 5.89. The molecule has 0 aliphatic carbocycles. The van der Waals surface area contributed by atoms with E-state index in [9.17, 15) is 9.90 Å². The number of hydrogen-bond acceptors (Lipinski definition) is 4. The molecule has 2 aromatic rings. The Bertz CT molecular complexity index is 709. The van der Waals surface area contributed by atoms with Crippen LogP contribution in [-0.2, 0) is 13.1 Å². The maximum atomic E-state index is 11.3. The van der Waals surface area contributed by atoms with Crippen molar-refractivity contribution in [3.05, 3.63) is 65.0 Å². The van der Waals surface area contributed by atoms with Gasteiger partial charge >= 0.3 is 5.97 Å². The number of aromatic nitrogens is 1. The van der Waals surface area contributed by atoms with Gasteiger partial charge in [0.2, 0.25) is 0 Å². The van der Waals surface area contributed by atoms with Gasteiger partial charge in [-0.15, -0.1) is 0 Å². The molecule has 24 heavy (non-hydrogen) atoms. The van der Waals surface area contributed by atoms with Crippen LogP contribution in [0.25, 0.3) is 0 Å². The molecule has 0 saturated carbocycles. The lowest BCUT2D eigenvalue weighted by Gasteiger charge is -2.34. The number of aromatic carboxylic acids is 1. The molecule has 1 saturated heterocycles. The van der Waals surface area contributed by atoms with E-state index in [-0.39, 0.29) is 0 Å². The van der Waals surface area contributed by atoms with Gasteiger partial charge in [-0.25, -0.2) is 4.79 Å². The number of aryl methyl sites for hydroxylation is 1. The van der Waals surface area contributed by atoms with Gasteiger partial charge in [-0.3, -0.25) is 14.8 Å². The van der Waals surface area contributed by atoms with Gasteiger partial charge in [-0.1, -0.05) is 24.3 Å². The smallest absolute Gasteiger partial charge is 0.336 e. The van der Waals surface area contributed by atoms with E-state index in [1.165, 1.54) is 5.56 Å². The molecule has 126 valence electrons. The van der Waals surface area contributed by atoms with E-state index in [1.54, 1.807) is 12.1 Å². The zero-order valence-electron chi connectivity index (χ0n) is 14.0. The summed E-state index contributed by atoms with van der Waals surface area (Å²) < 4.78 is 0. The summed E-state index contributed by atoms with van der Waals surface area (Å²) in [4.78, 5) is 20.5. The van der Waals surface area contributed by atoms with Crippen molar-refractivity contribution in [1.29, 1.82) is 0 Å². The van der Waals surface area contributed by atoms with Crippen molar-refractivity contribution < 1.29 is 9.90 Å². The zero-order chi connectivity index (χ0) is 16.9. The molecule has 5 nitrogen and oxygen atoms in total. The fraction of sp³-hybridized carbons (Fsp3) is 0.368. The van der Waals surface area contributed by atoms with E-state index in [1.807, 2.05) is 24.4 Å². The summed E-state index contributed by atoms with van der Waals surface area (Å²) in [6.45, 7) is 7.52. The quantitative estimate of drug-likeness (QED) is 0.915. The van der Waals surface area contributed by atoms with E-state index < -0.39 is 5.97 Å². The van der Waals surface area contributed by atoms with E-state index in [2.05, 4.69) is 27.8 Å². The normalized spacial score (nSPS) is 16.2. The van der Waals surface area contributed by atoms with Crippen LogP contribution in [0.1, 0.15) is 27.2 Å². The molecular weight excluding hydrogens is 302 g/mol. The average molecular weight is 325 g/mol. The van der Waals surface area contributed by atoms with Gasteiger partial charge in [0, 0.05) is 45.5 Å². The van der Waals surface area contributed by atoms with E-state index in [4.69, 9.17) is 0 Å². The Morgan fingerprint density at radius 2 is 1.71 bits per heavy atom. The van der Waals surface area contributed by atoms with Crippen LogP contribution in [0.4, 0.5) is 0 Å². The minimum Gasteiger partial charge on any atom is -0.478 e. The van der Waals surface area contributed by atoms with Crippen molar-refractivity contribution in [1.82, 2.24) is 14.8 Å². The van der Waals surface area contributed by atoms with Crippen molar-refractivity contribution in [2.24, 2.45) is 0 Å². The zero-order valence-corrected chi connectivity index (χ0v) is 14.0. The lowest BCUT2D eigenvalue weighted by Crippen LogP contribution is -2.45. The fourth-order valence-corrected chi connectivity index (χ4v) is 3.11. The number of rotatable bonds is 5. The Morgan fingerprint density at radius 1 is 1.04 bits per heavy atom. The summed E-state index contributed by atoms with van der Waals surface area (Å²) in [5, 5.41) is 9.29. The lowest BCUT2D eigenvalue weighted by molar-refractivity contribution is 0.0692. The van der Waals surface area contributed by atoms with Crippen molar-refractivity contribution in [3.8, 4) is 0 Å². The Hall–Kier alpha value is -2.24. The maximum Gasteiger partial charge on any atom is 0.336 e. The number of pyridine rings is 1. The first kappa shape index (κ1) is 16.6. The first-order valence-corrected chi connectivity index (χ1v) is 8.30. The molecule has 3 rings (SSSR count). The highest BCUT2D eigenvalue weighted by atomic mass is 16.4. The summed E-state index contributed by atoms with van der Waals surface area (Å²) in [5.74, 6) is -0.852. The number of carboxylic acid groups (broad SMARTS) is 1. The number of hydrogen-bond donors (Lipinski definition) is 1. The second kappa shape index (κ2) is 7.55. The molecule has 0 radical (unpaired) electrons. The third-order valence-electron chi connectivity index (χ3n) is 4.60. The lowest BCUT2D eigenvalue weighted by atomic mass is 10.1. The highest BCUT2D eigenvalue weighted by Crippen LogP contribution is 2.15. The molecule has 1 aromatic heterocycles. The number of piperazine rings is 1. The van der Waals surface area contributed by atoms with Crippen molar-refractivity contribution >= 4 is 5.97 Å². The van der Waals surface area contributed by atoms with Gasteiger partial charge < -0.3 is 5.11 Å². The topological polar surface area (TPSA) is 56.7 Å². The standard InChI is InChI=1S/C19H23N3O2/c1-15-5-4-8-20-18(15)14-22-11-9-21(10-12-22)13-16-6-2-3-7-17(16)19(23)24/h2-8H,9-14H2,1H3,(H,23,24). The molecule has 1 aromatic carbocycles. The van der Waals surface area contributed by atoms with Gasteiger partial charge in [-0.2, -0.15) is 0 Å². The number of carbonyl (C=O) groups is 1. The first-order chi connectivity index (χ1) is 11.6. The predicted molar refractivity (Wildman–Crippen MR) is 92.9 cm³/mol. The summed E-state index contributed by atoms with van der Waals surface area (Å²) in [7, 11) is 0. The van der Waals surface area contributed by atoms with Crippen molar-refractivity contribution in [2.45, 2.75) is 20.0 Å². The van der Waals surface area contributed by atoms with Crippen LogP contribution in [0.5, 0.6) is 0 Å². The number of nitrogens with zero attached hydrogens (tertiary/aromatic N) is 3. The molecule has 1 aliphatic rings. The molecule has 0 amide bonds. The van der Waals surface area contributed by atoms with Crippen LogP contribution in [0.3, 0.4) is 0 Å². The Labute approximate surface area is 142 Å². The molecule has 0 spiro atoms. The van der Waals surface area contributed by atoms with Crippen LogP contribution in [0, 0.1) is 6.92 Å². The SMILES string of the molecule is Cc1cccnc1CN1CCN(Cc2ccccc2C(=O)O)CC1.